The summed E-state index contributed by atoms with van der Waals surface area (Å²) in [7, 11) is 0. The van der Waals surface area contributed by atoms with E-state index >= 15 is 0 Å². The topological polar surface area (TPSA) is 30.7 Å². The zero-order valence-electron chi connectivity index (χ0n) is 26.0. The quantitative estimate of drug-likeness (QED) is 0.120. The van der Waals surface area contributed by atoms with E-state index in [-0.39, 0.29) is 0 Å². The Bertz CT molecular complexity index is 2130. The number of hydrogen-bond donors (Lipinski definition) is 0. The van der Waals surface area contributed by atoms with E-state index in [9.17, 15) is 0 Å². The van der Waals surface area contributed by atoms with E-state index < -0.39 is 0 Å². The average Bonchev–Trinajstić information content (AvgIpc) is 3.46. The molecule has 1 saturated carbocycles. The fourth-order valence-electron chi connectivity index (χ4n) is 7.82. The Morgan fingerprint density at radius 2 is 1.73 bits per heavy atom. The standard InChI is InChI=1S/C42H37N3/c1-4-5-6-11-28(3)45-38-25-16-27(2)26-37(38)43-42(45)32-19-17-31(18-20-32)39-35-23-21-29-12-7-9-14-33(29)40(35)44-41-34-15-10-8-13-30(34)22-24-36(39)41/h1,5-7,9,11-12,14,16-25,27,30,34H,8,10,13,15,26H2,2-3H3/b6-5-,28-11+/t27?,30?,34-/m1/s1. The van der Waals surface area contributed by atoms with Gasteiger partial charge in [-0.25, -0.2) is 4.98 Å². The van der Waals surface area contributed by atoms with Crippen LogP contribution in [0.4, 0.5) is 0 Å². The van der Waals surface area contributed by atoms with Crippen molar-refractivity contribution in [2.45, 2.75) is 51.9 Å². The van der Waals surface area contributed by atoms with Crippen molar-refractivity contribution in [1.82, 2.24) is 14.5 Å². The number of fused-ring (bicyclic) bond motifs is 7. The van der Waals surface area contributed by atoms with E-state index in [4.69, 9.17) is 16.4 Å². The number of allylic oxidation sites excluding steroid dienone is 6. The lowest BCUT2D eigenvalue weighted by molar-refractivity contribution is 0.354. The van der Waals surface area contributed by atoms with E-state index in [2.05, 4.69) is 115 Å². The molecule has 0 aliphatic heterocycles. The van der Waals surface area contributed by atoms with E-state index in [0.29, 0.717) is 17.8 Å². The van der Waals surface area contributed by atoms with Gasteiger partial charge in [0.05, 0.1) is 22.6 Å². The van der Waals surface area contributed by atoms with Crippen LogP contribution in [-0.2, 0) is 6.42 Å². The number of pyridine rings is 1. The molecule has 3 atom stereocenters. The molecule has 3 aliphatic rings. The molecule has 5 aromatic rings. The van der Waals surface area contributed by atoms with Crippen molar-refractivity contribution >= 4 is 39.5 Å². The number of imidazole rings is 1. The Hall–Kier alpha value is -4.94. The van der Waals surface area contributed by atoms with Crippen LogP contribution in [0.5, 0.6) is 0 Å². The zero-order chi connectivity index (χ0) is 30.5. The van der Waals surface area contributed by atoms with Crippen molar-refractivity contribution in [3.05, 3.63) is 114 Å². The summed E-state index contributed by atoms with van der Waals surface area (Å²) in [5, 5.41) is 3.69. The second-order valence-electron chi connectivity index (χ2n) is 12.9. The fraction of sp³-hybridized carbons (Fsp3) is 0.238. The Morgan fingerprint density at radius 1 is 0.911 bits per heavy atom. The summed E-state index contributed by atoms with van der Waals surface area (Å²) >= 11 is 0. The molecule has 3 heteroatoms. The molecule has 0 saturated heterocycles. The highest BCUT2D eigenvalue weighted by atomic mass is 15.1. The maximum Gasteiger partial charge on any atom is 0.145 e. The molecule has 0 amide bonds. The van der Waals surface area contributed by atoms with Crippen LogP contribution >= 0.6 is 0 Å². The summed E-state index contributed by atoms with van der Waals surface area (Å²) in [5.41, 5.74) is 10.7. The molecule has 1 fully saturated rings. The minimum Gasteiger partial charge on any atom is -0.297 e. The third kappa shape index (κ3) is 4.68. The minimum absolute atomic E-state index is 0.473. The summed E-state index contributed by atoms with van der Waals surface area (Å²) < 4.78 is 2.27. The summed E-state index contributed by atoms with van der Waals surface area (Å²) in [6.45, 7) is 4.37. The molecule has 0 N–H and O–H groups in total. The first-order chi connectivity index (χ1) is 22.1. The summed E-state index contributed by atoms with van der Waals surface area (Å²) in [5.74, 6) is 5.11. The maximum absolute atomic E-state index is 5.49. The van der Waals surface area contributed by atoms with Gasteiger partial charge in [-0.1, -0.05) is 111 Å². The number of terminal acetylenes is 1. The Morgan fingerprint density at radius 3 is 2.60 bits per heavy atom. The molecule has 220 valence electrons. The lowest BCUT2D eigenvalue weighted by Gasteiger charge is -2.34. The molecule has 8 rings (SSSR count). The largest absolute Gasteiger partial charge is 0.297 e. The number of nitrogens with zero attached hydrogens (tertiary/aromatic N) is 3. The van der Waals surface area contributed by atoms with Crippen LogP contribution < -0.4 is 0 Å². The van der Waals surface area contributed by atoms with Gasteiger partial charge >= 0.3 is 0 Å². The van der Waals surface area contributed by atoms with Crippen LogP contribution in [0.15, 0.2) is 91.0 Å². The highest BCUT2D eigenvalue weighted by Crippen LogP contribution is 2.47. The molecule has 2 unspecified atom stereocenters. The normalized spacial score (nSPS) is 20.7. The van der Waals surface area contributed by atoms with Crippen LogP contribution in [0.1, 0.15) is 68.1 Å². The minimum atomic E-state index is 0.473. The van der Waals surface area contributed by atoms with E-state index in [1.165, 1.54) is 64.2 Å². The monoisotopic (exact) mass is 583 g/mol. The molecule has 2 aromatic heterocycles. The average molecular weight is 584 g/mol. The molecular weight excluding hydrogens is 546 g/mol. The molecule has 2 heterocycles. The first-order valence-corrected chi connectivity index (χ1v) is 16.3. The highest BCUT2D eigenvalue weighted by molar-refractivity contribution is 6.12. The van der Waals surface area contributed by atoms with Crippen molar-refractivity contribution in [1.29, 1.82) is 0 Å². The molecule has 0 bridgehead atoms. The predicted octanol–water partition coefficient (Wildman–Crippen LogP) is 10.5. The molecule has 3 nitrogen and oxygen atoms in total. The number of benzene rings is 3. The van der Waals surface area contributed by atoms with Gasteiger partial charge in [-0.05, 0) is 67.2 Å². The van der Waals surface area contributed by atoms with Crippen molar-refractivity contribution in [3.8, 4) is 34.9 Å². The van der Waals surface area contributed by atoms with Gasteiger partial charge in [0.25, 0.3) is 0 Å². The van der Waals surface area contributed by atoms with Gasteiger partial charge in [-0.15, -0.1) is 6.42 Å². The summed E-state index contributed by atoms with van der Waals surface area (Å²) in [6.07, 6.45) is 26.6. The molecule has 45 heavy (non-hydrogen) atoms. The molecule has 3 aromatic carbocycles. The number of hydrogen-bond acceptors (Lipinski definition) is 2. The highest BCUT2D eigenvalue weighted by Gasteiger charge is 2.32. The molecule has 0 spiro atoms. The second kappa shape index (κ2) is 11.2. The van der Waals surface area contributed by atoms with Crippen LogP contribution in [-0.4, -0.2) is 14.5 Å². The van der Waals surface area contributed by atoms with Crippen LogP contribution in [0, 0.1) is 24.2 Å². The van der Waals surface area contributed by atoms with Gasteiger partial charge < -0.3 is 0 Å². The third-order valence-corrected chi connectivity index (χ3v) is 10.0. The van der Waals surface area contributed by atoms with Crippen molar-refractivity contribution in [2.75, 3.05) is 0 Å². The predicted molar refractivity (Wildman–Crippen MR) is 189 cm³/mol. The maximum atomic E-state index is 5.49. The lowest BCUT2D eigenvalue weighted by Crippen LogP contribution is -2.21. The lowest BCUT2D eigenvalue weighted by atomic mass is 9.72. The Labute approximate surface area is 265 Å². The fourth-order valence-corrected chi connectivity index (χ4v) is 7.82. The van der Waals surface area contributed by atoms with Crippen molar-refractivity contribution in [2.24, 2.45) is 11.8 Å². The molecular formula is C42H37N3. The van der Waals surface area contributed by atoms with Gasteiger partial charge in [0, 0.05) is 39.1 Å². The Balaban J connectivity index is 1.30. The van der Waals surface area contributed by atoms with E-state index in [0.717, 1.165) is 40.4 Å². The van der Waals surface area contributed by atoms with Gasteiger partial charge in [-0.2, -0.15) is 0 Å². The smallest absolute Gasteiger partial charge is 0.145 e. The van der Waals surface area contributed by atoms with Gasteiger partial charge in [0.15, 0.2) is 0 Å². The van der Waals surface area contributed by atoms with Gasteiger partial charge in [0.2, 0.25) is 0 Å². The van der Waals surface area contributed by atoms with Crippen LogP contribution in [0.25, 0.3) is 62.0 Å². The van der Waals surface area contributed by atoms with Crippen LogP contribution in [0.3, 0.4) is 0 Å². The first-order valence-electron chi connectivity index (χ1n) is 16.3. The van der Waals surface area contributed by atoms with Gasteiger partial charge in [-0.3, -0.25) is 9.55 Å². The summed E-state index contributed by atoms with van der Waals surface area (Å²) in [6, 6.07) is 22.3. The van der Waals surface area contributed by atoms with Crippen LogP contribution in [0.2, 0.25) is 0 Å². The van der Waals surface area contributed by atoms with E-state index in [1.807, 2.05) is 6.08 Å². The van der Waals surface area contributed by atoms with Gasteiger partial charge in [0.1, 0.15) is 5.82 Å². The molecule has 3 aliphatic carbocycles. The molecule has 0 radical (unpaired) electrons. The van der Waals surface area contributed by atoms with E-state index in [1.54, 1.807) is 6.08 Å². The van der Waals surface area contributed by atoms with Crippen molar-refractivity contribution in [3.63, 3.8) is 0 Å². The van der Waals surface area contributed by atoms with Crippen molar-refractivity contribution < 1.29 is 0 Å². The first kappa shape index (κ1) is 27.6. The Kier molecular flexibility index (Phi) is 6.87. The number of aromatic nitrogens is 3. The number of rotatable bonds is 4. The zero-order valence-corrected chi connectivity index (χ0v) is 26.0. The second-order valence-corrected chi connectivity index (χ2v) is 12.9. The SMILES string of the molecule is C#C/C=C\C=C(/C)n1c(-c2ccc(-c3c4c(nc5c3ccc3ccccc35)[C@@H]3CCCCC3C=C4)cc2)nc2c1C=CC(C)C2. The third-order valence-electron chi connectivity index (χ3n) is 10.0. The summed E-state index contributed by atoms with van der Waals surface area (Å²) in [4.78, 5) is 10.7.